The Bertz CT molecular complexity index is 1700. The van der Waals surface area contributed by atoms with Gasteiger partial charge in [-0.25, -0.2) is 9.78 Å². The number of carboxylic acids is 1. The molecule has 3 aromatic carbocycles. The summed E-state index contributed by atoms with van der Waals surface area (Å²) >= 11 is 12.9. The number of aryl methyl sites for hydroxylation is 1. The van der Waals surface area contributed by atoms with Crippen molar-refractivity contribution >= 4 is 35.1 Å². The van der Waals surface area contributed by atoms with E-state index in [-0.39, 0.29) is 23.4 Å². The van der Waals surface area contributed by atoms with Crippen LogP contribution in [0.5, 0.6) is 5.75 Å². The van der Waals surface area contributed by atoms with Crippen LogP contribution >= 0.6 is 23.2 Å². The van der Waals surface area contributed by atoms with Crippen LogP contribution in [0, 0.1) is 11.8 Å². The zero-order valence-electron chi connectivity index (χ0n) is 29.2. The first-order valence-electron chi connectivity index (χ1n) is 18.1. The molecule has 1 heterocycles. The number of aromatic nitrogens is 2. The summed E-state index contributed by atoms with van der Waals surface area (Å²) in [7, 11) is 0. The number of imidazole rings is 1. The number of carbonyl (C=O) groups excluding carboxylic acids is 1. The van der Waals surface area contributed by atoms with Gasteiger partial charge in [-0.1, -0.05) is 93.4 Å². The molecule has 1 saturated carbocycles. The van der Waals surface area contributed by atoms with Gasteiger partial charge in [-0.05, 0) is 98.0 Å². The average Bonchev–Trinajstić information content (AvgIpc) is 3.54. The van der Waals surface area contributed by atoms with Gasteiger partial charge >= 0.3 is 5.97 Å². The summed E-state index contributed by atoms with van der Waals surface area (Å²) in [6.45, 7) is 5.51. The lowest BCUT2D eigenvalue weighted by Gasteiger charge is -2.29. The Labute approximate surface area is 306 Å². The summed E-state index contributed by atoms with van der Waals surface area (Å²) in [6, 6.07) is 19.7. The summed E-state index contributed by atoms with van der Waals surface area (Å²) in [6.07, 6.45) is 13.8. The quantitative estimate of drug-likeness (QED) is 0.106. The van der Waals surface area contributed by atoms with E-state index >= 15 is 0 Å². The molecule has 2 N–H and O–H groups in total. The molecule has 0 spiro atoms. The van der Waals surface area contributed by atoms with E-state index in [2.05, 4.69) is 23.7 Å². The highest BCUT2D eigenvalue weighted by Gasteiger charge is 2.30. The summed E-state index contributed by atoms with van der Waals surface area (Å²) in [4.78, 5) is 30.2. The van der Waals surface area contributed by atoms with Crippen LogP contribution in [0.15, 0.2) is 72.9 Å². The normalized spacial score (nSPS) is 16.6. The standard InChI is InChI=1S/C41H49Cl2N3O4/c1-3-5-7-8-28-9-15-31(16-10-28)40(47)45-37(39-44-38(26-46(39)23-6-4-2)35-22-19-33(42)25-36(35)43)24-29-13-20-34(21-14-29)50-27-30-11-17-32(18-12-30)41(48)49/h11-14,17-22,25-26,28,31,37H,3-10,15-16,23-24,27H2,1-2H3,(H,45,47)(H,48,49)/t28-,31-,37-/m0/s1. The Morgan fingerprint density at radius 2 is 1.62 bits per heavy atom. The maximum absolute atomic E-state index is 13.9. The molecule has 1 fully saturated rings. The van der Waals surface area contributed by atoms with Crippen molar-refractivity contribution in [1.82, 2.24) is 14.9 Å². The van der Waals surface area contributed by atoms with Crippen molar-refractivity contribution in [3.63, 3.8) is 0 Å². The molecule has 0 saturated heterocycles. The largest absolute Gasteiger partial charge is 0.489 e. The molecule has 1 aliphatic rings. The minimum atomic E-state index is -0.953. The molecular weight excluding hydrogens is 669 g/mol. The molecule has 7 nitrogen and oxygen atoms in total. The van der Waals surface area contributed by atoms with Gasteiger partial charge in [-0.2, -0.15) is 0 Å². The topological polar surface area (TPSA) is 93.4 Å². The first-order chi connectivity index (χ1) is 24.2. The smallest absolute Gasteiger partial charge is 0.335 e. The molecule has 1 aliphatic carbocycles. The average molecular weight is 719 g/mol. The summed E-state index contributed by atoms with van der Waals surface area (Å²) in [5.74, 6) is 1.40. The Hall–Kier alpha value is -3.81. The fourth-order valence-electron chi connectivity index (χ4n) is 6.80. The van der Waals surface area contributed by atoms with Crippen molar-refractivity contribution in [3.05, 3.63) is 105 Å². The van der Waals surface area contributed by atoms with Crippen LogP contribution in [-0.2, 0) is 24.4 Å². The highest BCUT2D eigenvalue weighted by molar-refractivity contribution is 6.36. The maximum atomic E-state index is 13.9. The number of amides is 1. The molecule has 0 radical (unpaired) electrons. The predicted octanol–water partition coefficient (Wildman–Crippen LogP) is 10.7. The molecule has 0 unspecified atom stereocenters. The minimum Gasteiger partial charge on any atom is -0.489 e. The van der Waals surface area contributed by atoms with Crippen LogP contribution in [0.2, 0.25) is 10.0 Å². The van der Waals surface area contributed by atoms with Crippen LogP contribution in [0.25, 0.3) is 11.3 Å². The Morgan fingerprint density at radius 1 is 0.920 bits per heavy atom. The third-order valence-electron chi connectivity index (χ3n) is 9.80. The molecule has 0 aliphatic heterocycles. The Kier molecular flexibility index (Phi) is 13.8. The van der Waals surface area contributed by atoms with Gasteiger partial charge in [0.25, 0.3) is 0 Å². The number of nitrogens with one attached hydrogen (secondary N) is 1. The molecule has 5 rings (SSSR count). The van der Waals surface area contributed by atoms with Crippen LogP contribution < -0.4 is 10.1 Å². The highest BCUT2D eigenvalue weighted by Crippen LogP contribution is 2.34. The lowest BCUT2D eigenvalue weighted by Crippen LogP contribution is -2.37. The van der Waals surface area contributed by atoms with Crippen LogP contribution in [0.3, 0.4) is 0 Å². The monoisotopic (exact) mass is 717 g/mol. The van der Waals surface area contributed by atoms with Crippen molar-refractivity contribution in [2.75, 3.05) is 0 Å². The van der Waals surface area contributed by atoms with E-state index in [1.807, 2.05) is 42.6 Å². The number of rotatable bonds is 17. The zero-order valence-corrected chi connectivity index (χ0v) is 30.7. The van der Waals surface area contributed by atoms with E-state index in [1.165, 1.54) is 25.7 Å². The van der Waals surface area contributed by atoms with Gasteiger partial charge in [0.15, 0.2) is 0 Å². The highest BCUT2D eigenvalue weighted by atomic mass is 35.5. The molecule has 0 bridgehead atoms. The van der Waals surface area contributed by atoms with Crippen molar-refractivity contribution in [3.8, 4) is 17.0 Å². The van der Waals surface area contributed by atoms with E-state index < -0.39 is 5.97 Å². The minimum absolute atomic E-state index is 0.00417. The van der Waals surface area contributed by atoms with Crippen molar-refractivity contribution in [2.24, 2.45) is 11.8 Å². The number of unbranched alkanes of at least 4 members (excludes halogenated alkanes) is 3. The molecule has 1 aromatic heterocycles. The van der Waals surface area contributed by atoms with Crippen molar-refractivity contribution < 1.29 is 19.4 Å². The first kappa shape index (κ1) is 37.4. The van der Waals surface area contributed by atoms with Crippen LogP contribution in [0.4, 0.5) is 0 Å². The van der Waals surface area contributed by atoms with Gasteiger partial charge in [0, 0.05) is 29.2 Å². The van der Waals surface area contributed by atoms with E-state index in [1.54, 1.807) is 30.3 Å². The van der Waals surface area contributed by atoms with E-state index in [0.717, 1.165) is 79.2 Å². The summed E-state index contributed by atoms with van der Waals surface area (Å²) < 4.78 is 8.17. The zero-order chi connectivity index (χ0) is 35.5. The second-order valence-electron chi connectivity index (χ2n) is 13.6. The predicted molar refractivity (Wildman–Crippen MR) is 201 cm³/mol. The molecule has 50 heavy (non-hydrogen) atoms. The van der Waals surface area contributed by atoms with E-state index in [9.17, 15) is 9.59 Å². The lowest BCUT2D eigenvalue weighted by molar-refractivity contribution is -0.127. The van der Waals surface area contributed by atoms with Gasteiger partial charge in [0.05, 0.1) is 22.3 Å². The number of nitrogens with zero attached hydrogens (tertiary/aromatic N) is 2. The third kappa shape index (κ3) is 10.4. The van der Waals surface area contributed by atoms with Crippen molar-refractivity contribution in [2.45, 2.75) is 104 Å². The molecule has 1 amide bonds. The number of halogens is 2. The van der Waals surface area contributed by atoms with Crippen molar-refractivity contribution in [1.29, 1.82) is 0 Å². The Balaban J connectivity index is 1.35. The lowest BCUT2D eigenvalue weighted by atomic mass is 9.79. The fourth-order valence-corrected chi connectivity index (χ4v) is 7.31. The van der Waals surface area contributed by atoms with E-state index in [4.69, 9.17) is 38.0 Å². The molecule has 9 heteroatoms. The molecule has 1 atom stereocenters. The van der Waals surface area contributed by atoms with Crippen LogP contribution in [0.1, 0.15) is 111 Å². The van der Waals surface area contributed by atoms with Crippen LogP contribution in [-0.4, -0.2) is 26.5 Å². The number of hydrogen-bond donors (Lipinski definition) is 2. The SMILES string of the molecule is CCCCC[C@H]1CC[C@H](C(=O)N[C@@H](Cc2ccc(OCc3ccc(C(=O)O)cc3)cc2)c2nc(-c3ccc(Cl)cc3Cl)cn2CCCC)CC1. The van der Waals surface area contributed by atoms with Gasteiger partial charge in [-0.15, -0.1) is 0 Å². The number of hydrogen-bond acceptors (Lipinski definition) is 4. The second-order valence-corrected chi connectivity index (χ2v) is 14.4. The fraction of sp³-hybridized carbons (Fsp3) is 0.439. The third-order valence-corrected chi connectivity index (χ3v) is 10.3. The number of carboxylic acid groups (broad SMARTS) is 1. The van der Waals surface area contributed by atoms with Gasteiger partial charge in [0.1, 0.15) is 18.2 Å². The number of benzene rings is 3. The Morgan fingerprint density at radius 3 is 2.28 bits per heavy atom. The van der Waals surface area contributed by atoms with E-state index in [0.29, 0.717) is 28.8 Å². The number of ether oxygens (including phenoxy) is 1. The number of aromatic carboxylic acids is 1. The molecule has 266 valence electrons. The summed E-state index contributed by atoms with van der Waals surface area (Å²) in [5, 5.41) is 13.7. The summed E-state index contributed by atoms with van der Waals surface area (Å²) in [5.41, 5.74) is 3.73. The number of carbonyl (C=O) groups is 2. The maximum Gasteiger partial charge on any atom is 0.335 e. The molecule has 4 aromatic rings. The molecular formula is C41H49Cl2N3O4. The van der Waals surface area contributed by atoms with Gasteiger partial charge in [0.2, 0.25) is 5.91 Å². The van der Waals surface area contributed by atoms with Gasteiger partial charge in [-0.3, -0.25) is 4.79 Å². The second kappa shape index (κ2) is 18.4. The van der Waals surface area contributed by atoms with Gasteiger partial charge < -0.3 is 19.7 Å². The first-order valence-corrected chi connectivity index (χ1v) is 18.9.